The number of nitrogen functional groups attached to an aromatic ring is 1. The molecule has 2 rings (SSSR count). The molecule has 92 valence electrons. The van der Waals surface area contributed by atoms with Crippen molar-refractivity contribution in [1.82, 2.24) is 9.97 Å². The van der Waals surface area contributed by atoms with Crippen LogP contribution in [0.1, 0.15) is 32.2 Å². The maximum Gasteiger partial charge on any atom is 0.161 e. The van der Waals surface area contributed by atoms with Gasteiger partial charge >= 0.3 is 0 Å². The van der Waals surface area contributed by atoms with Gasteiger partial charge in [-0.1, -0.05) is 6.92 Å². The number of ether oxygens (including phenoxy) is 1. The second-order valence-electron chi connectivity index (χ2n) is 3.57. The molecule has 0 saturated heterocycles. The number of nitrogens with two attached hydrogens (primary N) is 1. The summed E-state index contributed by atoms with van der Waals surface area (Å²) in [5, 5.41) is 2.93. The van der Waals surface area contributed by atoms with Crippen LogP contribution in [-0.2, 0) is 4.74 Å². The van der Waals surface area contributed by atoms with E-state index < -0.39 is 0 Å². The van der Waals surface area contributed by atoms with E-state index in [1.54, 1.807) is 11.3 Å². The summed E-state index contributed by atoms with van der Waals surface area (Å²) >= 11 is 1.57. The van der Waals surface area contributed by atoms with E-state index in [2.05, 4.69) is 22.3 Å². The maximum absolute atomic E-state index is 5.61. The number of rotatable bonds is 5. The van der Waals surface area contributed by atoms with Gasteiger partial charge in [0.15, 0.2) is 11.6 Å². The predicted octanol–water partition coefficient (Wildman–Crippen LogP) is 2.46. The number of nitrogens with one attached hydrogen (secondary N) is 1. The predicted molar refractivity (Wildman–Crippen MR) is 69.9 cm³/mol. The normalized spacial score (nSPS) is 12.9. The molecule has 0 aliphatic rings. The first-order valence-corrected chi connectivity index (χ1v) is 6.51. The highest BCUT2D eigenvalue weighted by atomic mass is 32.1. The molecule has 6 heteroatoms. The van der Waals surface area contributed by atoms with Gasteiger partial charge in [0.05, 0.1) is 5.39 Å². The number of hydrogen-bond acceptors (Lipinski definition) is 6. The second kappa shape index (κ2) is 5.39. The van der Waals surface area contributed by atoms with Crippen LogP contribution < -0.4 is 11.3 Å². The van der Waals surface area contributed by atoms with Crippen molar-refractivity contribution in [1.29, 1.82) is 0 Å². The Bertz CT molecular complexity index is 499. The lowest BCUT2D eigenvalue weighted by Gasteiger charge is -2.14. The molecule has 0 saturated carbocycles. The molecule has 2 aromatic heterocycles. The lowest BCUT2D eigenvalue weighted by atomic mass is 10.2. The zero-order valence-electron chi connectivity index (χ0n) is 9.93. The Morgan fingerprint density at radius 3 is 2.94 bits per heavy atom. The van der Waals surface area contributed by atoms with Gasteiger partial charge in [-0.3, -0.25) is 0 Å². The number of fused-ring (bicyclic) bond motifs is 1. The average molecular weight is 252 g/mol. The Hall–Kier alpha value is -1.24. The number of hydrazine groups is 1. The van der Waals surface area contributed by atoms with Gasteiger partial charge in [0.2, 0.25) is 0 Å². The molecule has 0 spiro atoms. The summed E-state index contributed by atoms with van der Waals surface area (Å²) in [4.78, 5) is 9.87. The fraction of sp³-hybridized carbons (Fsp3) is 0.455. The Morgan fingerprint density at radius 2 is 2.29 bits per heavy atom. The van der Waals surface area contributed by atoms with E-state index >= 15 is 0 Å². The Morgan fingerprint density at radius 1 is 1.47 bits per heavy atom. The van der Waals surface area contributed by atoms with Gasteiger partial charge in [-0.15, -0.1) is 11.3 Å². The van der Waals surface area contributed by atoms with Gasteiger partial charge in [0.1, 0.15) is 10.9 Å². The first-order chi connectivity index (χ1) is 8.30. The lowest BCUT2D eigenvalue weighted by Crippen LogP contribution is -2.13. The highest BCUT2D eigenvalue weighted by Gasteiger charge is 2.16. The standard InChI is InChI=1S/C11H16N4OS/c1-3-8(16-4-2)10-13-9(15-12)7-5-6-17-11(7)14-10/h5-6,8H,3-4,12H2,1-2H3,(H,13,14,15). The van der Waals surface area contributed by atoms with Crippen molar-refractivity contribution in [2.45, 2.75) is 26.4 Å². The van der Waals surface area contributed by atoms with Crippen LogP contribution in [0.4, 0.5) is 5.82 Å². The lowest BCUT2D eigenvalue weighted by molar-refractivity contribution is 0.0538. The van der Waals surface area contributed by atoms with Crippen molar-refractivity contribution in [3.05, 3.63) is 17.3 Å². The zero-order chi connectivity index (χ0) is 12.3. The number of nitrogens with zero attached hydrogens (tertiary/aromatic N) is 2. The third kappa shape index (κ3) is 2.38. The van der Waals surface area contributed by atoms with Gasteiger partial charge in [-0.05, 0) is 24.8 Å². The van der Waals surface area contributed by atoms with Gasteiger partial charge in [0, 0.05) is 6.61 Å². The van der Waals surface area contributed by atoms with E-state index in [4.69, 9.17) is 10.6 Å². The van der Waals surface area contributed by atoms with Crippen LogP contribution >= 0.6 is 11.3 Å². The largest absolute Gasteiger partial charge is 0.371 e. The molecular formula is C11H16N4OS. The first-order valence-electron chi connectivity index (χ1n) is 5.63. The molecule has 0 aliphatic carbocycles. The van der Waals surface area contributed by atoms with Crippen LogP contribution in [-0.4, -0.2) is 16.6 Å². The number of hydrogen-bond donors (Lipinski definition) is 2. The van der Waals surface area contributed by atoms with Gasteiger partial charge < -0.3 is 10.2 Å². The molecule has 0 amide bonds. The van der Waals surface area contributed by atoms with E-state index in [1.165, 1.54) is 0 Å². The van der Waals surface area contributed by atoms with E-state index in [0.29, 0.717) is 18.2 Å². The summed E-state index contributed by atoms with van der Waals surface area (Å²) < 4.78 is 5.61. The van der Waals surface area contributed by atoms with Crippen LogP contribution in [0.3, 0.4) is 0 Å². The van der Waals surface area contributed by atoms with Crippen LogP contribution in [0.5, 0.6) is 0 Å². The van der Waals surface area contributed by atoms with Gasteiger partial charge in [0.25, 0.3) is 0 Å². The van der Waals surface area contributed by atoms with Crippen molar-refractivity contribution >= 4 is 27.4 Å². The topological polar surface area (TPSA) is 73.1 Å². The second-order valence-corrected chi connectivity index (χ2v) is 4.46. The number of thiophene rings is 1. The zero-order valence-corrected chi connectivity index (χ0v) is 10.8. The molecule has 17 heavy (non-hydrogen) atoms. The third-order valence-electron chi connectivity index (χ3n) is 2.51. The van der Waals surface area contributed by atoms with Gasteiger partial charge in [-0.2, -0.15) is 0 Å². The van der Waals surface area contributed by atoms with Crippen LogP contribution in [0.15, 0.2) is 11.4 Å². The molecule has 2 heterocycles. The quantitative estimate of drug-likeness (QED) is 0.631. The summed E-state index contributed by atoms with van der Waals surface area (Å²) in [6.07, 6.45) is 0.771. The van der Waals surface area contributed by atoms with E-state index in [1.807, 2.05) is 18.4 Å². The Labute approximate surface area is 104 Å². The fourth-order valence-electron chi connectivity index (χ4n) is 1.70. The monoisotopic (exact) mass is 252 g/mol. The molecule has 0 fully saturated rings. The molecule has 1 unspecified atom stereocenters. The molecule has 0 radical (unpaired) electrons. The summed E-state index contributed by atoms with van der Waals surface area (Å²) in [6.45, 7) is 4.67. The van der Waals surface area contributed by atoms with Gasteiger partial charge in [-0.25, -0.2) is 15.8 Å². The molecule has 0 aromatic carbocycles. The first kappa shape index (κ1) is 12.2. The minimum Gasteiger partial charge on any atom is -0.371 e. The highest BCUT2D eigenvalue weighted by molar-refractivity contribution is 7.16. The van der Waals surface area contributed by atoms with E-state index in [9.17, 15) is 0 Å². The summed E-state index contributed by atoms with van der Waals surface area (Å²) in [7, 11) is 0. The third-order valence-corrected chi connectivity index (χ3v) is 3.31. The van der Waals surface area contributed by atoms with Crippen LogP contribution in [0, 0.1) is 0 Å². The van der Waals surface area contributed by atoms with Crippen molar-refractivity contribution in [3.63, 3.8) is 0 Å². The van der Waals surface area contributed by atoms with Crippen molar-refractivity contribution in [2.75, 3.05) is 12.0 Å². The van der Waals surface area contributed by atoms with Crippen molar-refractivity contribution in [3.8, 4) is 0 Å². The molecule has 0 aliphatic heterocycles. The minimum atomic E-state index is -0.0707. The molecule has 3 N–H and O–H groups in total. The molecule has 5 nitrogen and oxygen atoms in total. The summed E-state index contributed by atoms with van der Waals surface area (Å²) in [5.41, 5.74) is 2.62. The SMILES string of the molecule is CCOC(CC)c1nc(NN)c2ccsc2n1. The Kier molecular flexibility index (Phi) is 3.88. The van der Waals surface area contributed by atoms with Crippen molar-refractivity contribution < 1.29 is 4.74 Å². The molecule has 2 aromatic rings. The Balaban J connectivity index is 2.46. The molecule has 0 bridgehead atoms. The minimum absolute atomic E-state index is 0.0707. The summed E-state index contributed by atoms with van der Waals surface area (Å²) in [6, 6.07) is 1.96. The van der Waals surface area contributed by atoms with Crippen molar-refractivity contribution in [2.24, 2.45) is 5.84 Å². The molecule has 1 atom stereocenters. The van der Waals surface area contributed by atoms with Crippen LogP contribution in [0.25, 0.3) is 10.2 Å². The summed E-state index contributed by atoms with van der Waals surface area (Å²) in [5.74, 6) is 6.83. The maximum atomic E-state index is 5.61. The number of anilines is 1. The fourth-order valence-corrected chi connectivity index (χ4v) is 2.47. The molecular weight excluding hydrogens is 236 g/mol. The van der Waals surface area contributed by atoms with Crippen LogP contribution in [0.2, 0.25) is 0 Å². The highest BCUT2D eigenvalue weighted by Crippen LogP contribution is 2.27. The van der Waals surface area contributed by atoms with E-state index in [0.717, 1.165) is 16.6 Å². The van der Waals surface area contributed by atoms with E-state index in [-0.39, 0.29) is 6.10 Å². The number of aromatic nitrogens is 2. The smallest absolute Gasteiger partial charge is 0.161 e. The average Bonchev–Trinajstić information content (AvgIpc) is 2.82.